The number of thiocarbonyl (C=S) groups is 1. The molecular formula is C14H20N2S. The lowest BCUT2D eigenvalue weighted by Gasteiger charge is -2.24. The van der Waals surface area contributed by atoms with Crippen LogP contribution in [0.1, 0.15) is 31.4 Å². The SMILES string of the molecule is Cc1ccc(C(N)=S)c(N2CCC(C)(C)C2)c1. The highest BCUT2D eigenvalue weighted by atomic mass is 32.1. The van der Waals surface area contributed by atoms with E-state index in [1.54, 1.807) is 0 Å². The van der Waals surface area contributed by atoms with Crippen LogP contribution in [0.4, 0.5) is 5.69 Å². The first-order valence-electron chi connectivity index (χ1n) is 6.04. The summed E-state index contributed by atoms with van der Waals surface area (Å²) in [6.07, 6.45) is 1.22. The molecule has 0 radical (unpaired) electrons. The molecule has 0 aliphatic carbocycles. The molecule has 1 saturated heterocycles. The first kappa shape index (κ1) is 12.4. The van der Waals surface area contributed by atoms with Crippen molar-refractivity contribution in [3.8, 4) is 0 Å². The van der Waals surface area contributed by atoms with Gasteiger partial charge in [-0.05, 0) is 36.5 Å². The summed E-state index contributed by atoms with van der Waals surface area (Å²) in [5.74, 6) is 0. The summed E-state index contributed by atoms with van der Waals surface area (Å²) in [5, 5.41) is 0. The lowest BCUT2D eigenvalue weighted by atomic mass is 9.93. The lowest BCUT2D eigenvalue weighted by Crippen LogP contribution is -2.25. The van der Waals surface area contributed by atoms with Crippen molar-refractivity contribution in [3.05, 3.63) is 29.3 Å². The van der Waals surface area contributed by atoms with Crippen molar-refractivity contribution in [1.82, 2.24) is 0 Å². The van der Waals surface area contributed by atoms with Crippen molar-refractivity contribution in [2.24, 2.45) is 11.1 Å². The summed E-state index contributed by atoms with van der Waals surface area (Å²) < 4.78 is 0. The molecule has 0 saturated carbocycles. The van der Waals surface area contributed by atoms with Crippen LogP contribution in [0.5, 0.6) is 0 Å². The third-order valence-electron chi connectivity index (χ3n) is 3.44. The van der Waals surface area contributed by atoms with Crippen LogP contribution in [0, 0.1) is 12.3 Å². The van der Waals surface area contributed by atoms with Gasteiger partial charge in [0.1, 0.15) is 4.99 Å². The van der Waals surface area contributed by atoms with Crippen molar-refractivity contribution in [1.29, 1.82) is 0 Å². The van der Waals surface area contributed by atoms with E-state index in [-0.39, 0.29) is 0 Å². The summed E-state index contributed by atoms with van der Waals surface area (Å²) >= 11 is 5.14. The third kappa shape index (κ3) is 2.60. The molecule has 0 unspecified atom stereocenters. The summed E-state index contributed by atoms with van der Waals surface area (Å²) in [4.78, 5) is 2.89. The van der Waals surface area contributed by atoms with E-state index in [1.807, 2.05) is 6.07 Å². The highest BCUT2D eigenvalue weighted by Gasteiger charge is 2.30. The molecule has 1 aromatic rings. The molecule has 1 heterocycles. The van der Waals surface area contributed by atoms with Gasteiger partial charge in [0, 0.05) is 24.3 Å². The zero-order valence-corrected chi connectivity index (χ0v) is 11.6. The van der Waals surface area contributed by atoms with Crippen molar-refractivity contribution in [2.75, 3.05) is 18.0 Å². The van der Waals surface area contributed by atoms with Crippen LogP contribution >= 0.6 is 12.2 Å². The van der Waals surface area contributed by atoms with Gasteiger partial charge in [-0.1, -0.05) is 32.1 Å². The molecular weight excluding hydrogens is 228 g/mol. The Kier molecular flexibility index (Phi) is 3.13. The number of hydrogen-bond donors (Lipinski definition) is 1. The summed E-state index contributed by atoms with van der Waals surface area (Å²) in [7, 11) is 0. The van der Waals surface area contributed by atoms with E-state index in [0.29, 0.717) is 10.4 Å². The molecule has 3 heteroatoms. The summed E-state index contributed by atoms with van der Waals surface area (Å²) in [5.41, 5.74) is 9.65. The number of benzene rings is 1. The van der Waals surface area contributed by atoms with E-state index in [2.05, 4.69) is 37.8 Å². The van der Waals surface area contributed by atoms with Crippen LogP contribution in [0.15, 0.2) is 18.2 Å². The van der Waals surface area contributed by atoms with Crippen molar-refractivity contribution in [3.63, 3.8) is 0 Å². The van der Waals surface area contributed by atoms with Gasteiger partial charge < -0.3 is 10.6 Å². The Morgan fingerprint density at radius 2 is 2.12 bits per heavy atom. The standard InChI is InChI=1S/C14H20N2S/c1-10-4-5-11(13(15)17)12(8-10)16-7-6-14(2,3)9-16/h4-5,8H,6-7,9H2,1-3H3,(H2,15,17). The maximum Gasteiger partial charge on any atom is 0.106 e. The molecule has 1 aromatic carbocycles. The normalized spacial score (nSPS) is 18.4. The molecule has 0 bridgehead atoms. The minimum Gasteiger partial charge on any atom is -0.389 e. The van der Waals surface area contributed by atoms with Crippen LogP contribution in [-0.2, 0) is 0 Å². The van der Waals surface area contributed by atoms with E-state index in [1.165, 1.54) is 17.7 Å². The average molecular weight is 248 g/mol. The molecule has 0 aromatic heterocycles. The predicted molar refractivity (Wildman–Crippen MR) is 77.7 cm³/mol. The monoisotopic (exact) mass is 248 g/mol. The van der Waals surface area contributed by atoms with Crippen LogP contribution in [0.25, 0.3) is 0 Å². The highest BCUT2D eigenvalue weighted by molar-refractivity contribution is 7.80. The molecule has 2 N–H and O–H groups in total. The summed E-state index contributed by atoms with van der Waals surface area (Å²) in [6, 6.07) is 6.30. The van der Waals surface area contributed by atoms with Gasteiger partial charge in [-0.15, -0.1) is 0 Å². The number of nitrogens with zero attached hydrogens (tertiary/aromatic N) is 1. The second-order valence-corrected chi connectivity index (χ2v) is 6.16. The summed E-state index contributed by atoms with van der Waals surface area (Å²) in [6.45, 7) is 8.89. The lowest BCUT2D eigenvalue weighted by molar-refractivity contribution is 0.418. The van der Waals surface area contributed by atoms with E-state index >= 15 is 0 Å². The van der Waals surface area contributed by atoms with E-state index in [4.69, 9.17) is 18.0 Å². The maximum atomic E-state index is 5.80. The van der Waals surface area contributed by atoms with E-state index < -0.39 is 0 Å². The third-order valence-corrected chi connectivity index (χ3v) is 3.66. The van der Waals surface area contributed by atoms with Gasteiger partial charge in [-0.2, -0.15) is 0 Å². The van der Waals surface area contributed by atoms with Crippen LogP contribution in [0.3, 0.4) is 0 Å². The highest BCUT2D eigenvalue weighted by Crippen LogP contribution is 2.34. The van der Waals surface area contributed by atoms with Crippen LogP contribution in [-0.4, -0.2) is 18.1 Å². The Bertz CT molecular complexity index is 452. The maximum absolute atomic E-state index is 5.80. The van der Waals surface area contributed by atoms with Crippen LogP contribution in [0.2, 0.25) is 0 Å². The van der Waals surface area contributed by atoms with Gasteiger partial charge in [0.2, 0.25) is 0 Å². The second kappa shape index (κ2) is 4.30. The van der Waals surface area contributed by atoms with Crippen LogP contribution < -0.4 is 10.6 Å². The quantitative estimate of drug-likeness (QED) is 0.816. The fourth-order valence-corrected chi connectivity index (χ4v) is 2.60. The molecule has 0 amide bonds. The Morgan fingerprint density at radius 3 is 2.65 bits per heavy atom. The van der Waals surface area contributed by atoms with Gasteiger partial charge in [-0.3, -0.25) is 0 Å². The molecule has 1 aliphatic heterocycles. The molecule has 1 aliphatic rings. The Labute approximate surface area is 109 Å². The molecule has 2 rings (SSSR count). The van der Waals surface area contributed by atoms with Crippen molar-refractivity contribution >= 4 is 22.9 Å². The van der Waals surface area contributed by atoms with Gasteiger partial charge in [0.25, 0.3) is 0 Å². The fraction of sp³-hybridized carbons (Fsp3) is 0.500. The Hall–Kier alpha value is -1.09. The van der Waals surface area contributed by atoms with Gasteiger partial charge in [0.15, 0.2) is 0 Å². The largest absolute Gasteiger partial charge is 0.389 e. The van der Waals surface area contributed by atoms with Crippen molar-refractivity contribution < 1.29 is 0 Å². The molecule has 1 fully saturated rings. The predicted octanol–water partition coefficient (Wildman–Crippen LogP) is 2.87. The van der Waals surface area contributed by atoms with Gasteiger partial charge >= 0.3 is 0 Å². The molecule has 2 nitrogen and oxygen atoms in total. The first-order chi connectivity index (χ1) is 7.89. The number of hydrogen-bond acceptors (Lipinski definition) is 2. The smallest absolute Gasteiger partial charge is 0.106 e. The number of rotatable bonds is 2. The Morgan fingerprint density at radius 1 is 1.41 bits per heavy atom. The van der Waals surface area contributed by atoms with E-state index in [0.717, 1.165) is 18.7 Å². The topological polar surface area (TPSA) is 29.3 Å². The molecule has 0 spiro atoms. The molecule has 0 atom stereocenters. The zero-order chi connectivity index (χ0) is 12.6. The minimum atomic E-state index is 0.386. The minimum absolute atomic E-state index is 0.386. The molecule has 17 heavy (non-hydrogen) atoms. The van der Waals surface area contributed by atoms with E-state index in [9.17, 15) is 0 Å². The average Bonchev–Trinajstić information content (AvgIpc) is 2.58. The number of aryl methyl sites for hydroxylation is 1. The van der Waals surface area contributed by atoms with Crippen molar-refractivity contribution in [2.45, 2.75) is 27.2 Å². The fourth-order valence-electron chi connectivity index (χ4n) is 2.43. The first-order valence-corrected chi connectivity index (χ1v) is 6.45. The number of anilines is 1. The Balaban J connectivity index is 2.38. The second-order valence-electron chi connectivity index (χ2n) is 5.72. The zero-order valence-electron chi connectivity index (χ0n) is 10.8. The van der Waals surface area contributed by atoms with Gasteiger partial charge in [-0.25, -0.2) is 0 Å². The number of nitrogens with two attached hydrogens (primary N) is 1. The van der Waals surface area contributed by atoms with Gasteiger partial charge in [0.05, 0.1) is 0 Å². The molecule has 92 valence electrons.